The van der Waals surface area contributed by atoms with Gasteiger partial charge < -0.3 is 4.90 Å². The van der Waals surface area contributed by atoms with E-state index in [1.807, 2.05) is 0 Å². The van der Waals surface area contributed by atoms with Crippen LogP contribution in [0.25, 0.3) is 0 Å². The van der Waals surface area contributed by atoms with E-state index in [9.17, 15) is 9.18 Å². The maximum atomic E-state index is 13.1. The van der Waals surface area contributed by atoms with Gasteiger partial charge in [0.25, 0.3) is 0 Å². The molecular weight excluding hydrogens is 325 g/mol. The highest BCUT2D eigenvalue weighted by Gasteiger charge is 2.22. The fourth-order valence-electron chi connectivity index (χ4n) is 2.90. The molecule has 1 aromatic heterocycles. The Bertz CT molecular complexity index is 750. The first-order valence-corrected chi connectivity index (χ1v) is 8.76. The largest absolute Gasteiger partial charge is 0.310 e. The van der Waals surface area contributed by atoms with Crippen LogP contribution in [0.3, 0.4) is 0 Å². The van der Waals surface area contributed by atoms with Crippen LogP contribution >= 0.6 is 11.3 Å². The van der Waals surface area contributed by atoms with Crippen LogP contribution < -0.4 is 4.90 Å². The highest BCUT2D eigenvalue weighted by atomic mass is 32.1. The molecule has 0 radical (unpaired) electrons. The van der Waals surface area contributed by atoms with Crippen LogP contribution in [0.5, 0.6) is 0 Å². The Morgan fingerprint density at radius 2 is 2.12 bits per heavy atom. The highest BCUT2D eigenvalue weighted by molar-refractivity contribution is 7.10. The fourth-order valence-corrected chi connectivity index (χ4v) is 3.79. The van der Waals surface area contributed by atoms with Gasteiger partial charge in [-0.3, -0.25) is 9.69 Å². The Kier molecular flexibility index (Phi) is 5.24. The maximum Gasteiger partial charge on any atom is 0.241 e. The van der Waals surface area contributed by atoms with E-state index in [0.717, 1.165) is 19.5 Å². The molecule has 6 heteroatoms. The lowest BCUT2D eigenvalue weighted by atomic mass is 10.1. The van der Waals surface area contributed by atoms with E-state index in [0.29, 0.717) is 18.8 Å². The van der Waals surface area contributed by atoms with Gasteiger partial charge in [-0.05, 0) is 47.7 Å². The number of thiophene rings is 1. The van der Waals surface area contributed by atoms with Gasteiger partial charge in [-0.15, -0.1) is 11.3 Å². The minimum atomic E-state index is -0.340. The Hall–Kier alpha value is -2.23. The number of carbonyl (C=O) groups excluding carboxylic acids is 1. The average Bonchev–Trinajstić information content (AvgIpc) is 3.04. The number of rotatable bonds is 5. The van der Waals surface area contributed by atoms with Gasteiger partial charge in [0.15, 0.2) is 0 Å². The summed E-state index contributed by atoms with van der Waals surface area (Å²) in [5.74, 6) is -0.400. The van der Waals surface area contributed by atoms with Gasteiger partial charge in [0.1, 0.15) is 5.82 Å². The van der Waals surface area contributed by atoms with Gasteiger partial charge in [0, 0.05) is 30.2 Å². The number of halogens is 1. The van der Waals surface area contributed by atoms with Gasteiger partial charge in [-0.1, -0.05) is 0 Å². The van der Waals surface area contributed by atoms with Gasteiger partial charge in [-0.2, -0.15) is 5.26 Å². The Morgan fingerprint density at radius 3 is 2.88 bits per heavy atom. The number of hydrogen-bond donors (Lipinski definition) is 0. The molecule has 1 aliphatic heterocycles. The molecule has 124 valence electrons. The molecule has 0 saturated heterocycles. The molecule has 1 aromatic carbocycles. The van der Waals surface area contributed by atoms with Crippen molar-refractivity contribution in [2.45, 2.75) is 19.4 Å². The summed E-state index contributed by atoms with van der Waals surface area (Å²) >= 11 is 1.77. The van der Waals surface area contributed by atoms with Crippen molar-refractivity contribution in [2.24, 2.45) is 0 Å². The van der Waals surface area contributed by atoms with Crippen LogP contribution in [0.4, 0.5) is 10.1 Å². The number of carbonyl (C=O) groups is 1. The minimum Gasteiger partial charge on any atom is -0.310 e. The fraction of sp³-hybridized carbons (Fsp3) is 0.333. The van der Waals surface area contributed by atoms with E-state index in [2.05, 4.69) is 22.4 Å². The number of amides is 1. The lowest BCUT2D eigenvalue weighted by Crippen LogP contribution is -2.42. The quantitative estimate of drug-likeness (QED) is 0.838. The number of hydrogen-bond acceptors (Lipinski definition) is 4. The minimum absolute atomic E-state index is 0.0597. The first-order chi connectivity index (χ1) is 11.7. The van der Waals surface area contributed by atoms with Crippen LogP contribution in [-0.4, -0.2) is 30.4 Å². The van der Waals surface area contributed by atoms with E-state index >= 15 is 0 Å². The summed E-state index contributed by atoms with van der Waals surface area (Å²) in [7, 11) is 0. The van der Waals surface area contributed by atoms with Crippen LogP contribution in [0.1, 0.15) is 16.9 Å². The lowest BCUT2D eigenvalue weighted by molar-refractivity contribution is -0.119. The van der Waals surface area contributed by atoms with Crippen molar-refractivity contribution in [3.8, 4) is 6.07 Å². The highest BCUT2D eigenvalue weighted by Crippen LogP contribution is 2.24. The predicted molar refractivity (Wildman–Crippen MR) is 92.3 cm³/mol. The number of fused-ring (bicyclic) bond motifs is 1. The maximum absolute atomic E-state index is 13.1. The molecule has 0 N–H and O–H groups in total. The van der Waals surface area contributed by atoms with Crippen molar-refractivity contribution in [1.82, 2.24) is 4.90 Å². The number of benzene rings is 1. The summed E-state index contributed by atoms with van der Waals surface area (Å²) in [6, 6.07) is 10.0. The van der Waals surface area contributed by atoms with Crippen LogP contribution in [-0.2, 0) is 17.8 Å². The van der Waals surface area contributed by atoms with E-state index < -0.39 is 0 Å². The smallest absolute Gasteiger partial charge is 0.241 e. The molecule has 2 aromatic rings. The van der Waals surface area contributed by atoms with E-state index in [-0.39, 0.29) is 18.1 Å². The second kappa shape index (κ2) is 7.56. The molecule has 0 spiro atoms. The molecule has 1 amide bonds. The predicted octanol–water partition coefficient (Wildman–Crippen LogP) is 3.19. The summed E-state index contributed by atoms with van der Waals surface area (Å²) in [6.45, 7) is 2.26. The summed E-state index contributed by atoms with van der Waals surface area (Å²) in [4.78, 5) is 17.8. The second-order valence-electron chi connectivity index (χ2n) is 5.76. The van der Waals surface area contributed by atoms with E-state index in [1.165, 1.54) is 22.6 Å². The molecule has 2 heterocycles. The number of nitrogens with zero attached hydrogens (tertiary/aromatic N) is 3. The molecule has 4 nitrogen and oxygen atoms in total. The zero-order chi connectivity index (χ0) is 16.9. The van der Waals surface area contributed by atoms with Crippen molar-refractivity contribution in [1.29, 1.82) is 5.26 Å². The number of nitriles is 1. The van der Waals surface area contributed by atoms with Gasteiger partial charge in [0.05, 0.1) is 19.0 Å². The Balaban J connectivity index is 1.69. The number of anilines is 1. The molecule has 24 heavy (non-hydrogen) atoms. The zero-order valence-electron chi connectivity index (χ0n) is 13.2. The van der Waals surface area contributed by atoms with Crippen LogP contribution in [0.15, 0.2) is 35.7 Å². The first-order valence-electron chi connectivity index (χ1n) is 7.88. The summed E-state index contributed by atoms with van der Waals surface area (Å²) in [5.41, 5.74) is 1.93. The zero-order valence-corrected chi connectivity index (χ0v) is 14.1. The normalized spacial score (nSPS) is 14.0. The summed E-state index contributed by atoms with van der Waals surface area (Å²) in [5, 5.41) is 10.9. The topological polar surface area (TPSA) is 47.3 Å². The monoisotopic (exact) mass is 343 g/mol. The van der Waals surface area contributed by atoms with Crippen molar-refractivity contribution < 1.29 is 9.18 Å². The van der Waals surface area contributed by atoms with Crippen LogP contribution in [0.2, 0.25) is 0 Å². The Labute approximate surface area is 144 Å². The molecule has 0 saturated carbocycles. The summed E-state index contributed by atoms with van der Waals surface area (Å²) < 4.78 is 13.1. The third-order valence-electron chi connectivity index (χ3n) is 4.13. The van der Waals surface area contributed by atoms with E-state index in [4.69, 9.17) is 5.26 Å². The molecule has 0 aliphatic carbocycles. The third-order valence-corrected chi connectivity index (χ3v) is 5.16. The van der Waals surface area contributed by atoms with E-state index in [1.54, 1.807) is 28.4 Å². The Morgan fingerprint density at radius 1 is 1.33 bits per heavy atom. The molecular formula is C18H18FN3OS. The molecule has 0 fully saturated rings. The van der Waals surface area contributed by atoms with Gasteiger partial charge >= 0.3 is 0 Å². The molecule has 0 unspecified atom stereocenters. The average molecular weight is 343 g/mol. The van der Waals surface area contributed by atoms with Crippen molar-refractivity contribution in [3.05, 3.63) is 52.0 Å². The first kappa shape index (κ1) is 16.6. The molecule has 3 rings (SSSR count). The molecule has 0 atom stereocenters. The van der Waals surface area contributed by atoms with Crippen LogP contribution in [0, 0.1) is 17.1 Å². The van der Waals surface area contributed by atoms with Crippen molar-refractivity contribution in [2.75, 3.05) is 24.5 Å². The second-order valence-corrected chi connectivity index (χ2v) is 6.76. The lowest BCUT2D eigenvalue weighted by Gasteiger charge is -2.29. The third kappa shape index (κ3) is 3.81. The van der Waals surface area contributed by atoms with Gasteiger partial charge in [0.2, 0.25) is 5.91 Å². The van der Waals surface area contributed by atoms with Crippen molar-refractivity contribution in [3.63, 3.8) is 0 Å². The standard InChI is InChI=1S/C18H18FN3OS/c19-15-2-4-16(5-3-15)22(9-1-8-20)18(23)13-21-10-6-17-14(12-21)7-11-24-17/h2-5,7,11H,1,6,9-10,12-13H2. The SMILES string of the molecule is N#CCCN(C(=O)CN1CCc2sccc2C1)c1ccc(F)cc1. The summed E-state index contributed by atoms with van der Waals surface area (Å²) in [6.07, 6.45) is 1.22. The van der Waals surface area contributed by atoms with Gasteiger partial charge in [-0.25, -0.2) is 4.39 Å². The van der Waals surface area contributed by atoms with Crippen molar-refractivity contribution >= 4 is 22.9 Å². The molecule has 1 aliphatic rings. The molecule has 0 bridgehead atoms.